The van der Waals surface area contributed by atoms with E-state index in [-0.39, 0.29) is 5.91 Å². The zero-order valence-corrected chi connectivity index (χ0v) is 15.0. The smallest absolute Gasteiger partial charge is 0.267 e. The molecule has 0 aliphatic carbocycles. The molecular weight excluding hydrogens is 362 g/mol. The van der Waals surface area contributed by atoms with Crippen molar-refractivity contribution in [3.63, 3.8) is 0 Å². The molecule has 3 aromatic heterocycles. The molecule has 3 heterocycles. The Bertz CT molecular complexity index is 1190. The van der Waals surface area contributed by atoms with E-state index < -0.39 is 0 Å². The van der Waals surface area contributed by atoms with Crippen LogP contribution in [0.2, 0.25) is 0 Å². The molecule has 8 nitrogen and oxygen atoms in total. The van der Waals surface area contributed by atoms with Crippen LogP contribution in [0.5, 0.6) is 0 Å². The van der Waals surface area contributed by atoms with Gasteiger partial charge in [-0.25, -0.2) is 9.97 Å². The molecule has 0 atom stereocenters. The van der Waals surface area contributed by atoms with Gasteiger partial charge in [0.25, 0.3) is 5.91 Å². The highest BCUT2D eigenvalue weighted by Gasteiger charge is 2.15. The molecule has 0 fully saturated rings. The van der Waals surface area contributed by atoms with Crippen molar-refractivity contribution in [2.24, 2.45) is 0 Å². The summed E-state index contributed by atoms with van der Waals surface area (Å²) < 4.78 is 0. The number of nitriles is 1. The number of thiazole rings is 1. The molecule has 132 valence electrons. The summed E-state index contributed by atoms with van der Waals surface area (Å²) in [6.45, 7) is 1.93. The summed E-state index contributed by atoms with van der Waals surface area (Å²) in [6.07, 6.45) is 4.73. The summed E-state index contributed by atoms with van der Waals surface area (Å²) in [5.74, 6) is 0.241. The second kappa shape index (κ2) is 6.86. The SMILES string of the molecule is Cc1ccc2[nH]ncc2c1NC(=O)c1cnc(Nc2cc(C#N)ccn2)s1. The quantitative estimate of drug-likeness (QED) is 0.501. The highest BCUT2D eigenvalue weighted by molar-refractivity contribution is 7.17. The molecular formula is C18H13N7OS. The second-order valence-corrected chi connectivity index (χ2v) is 6.77. The van der Waals surface area contributed by atoms with Gasteiger partial charge >= 0.3 is 0 Å². The largest absolute Gasteiger partial charge is 0.320 e. The van der Waals surface area contributed by atoms with Crippen molar-refractivity contribution in [2.75, 3.05) is 10.6 Å². The maximum absolute atomic E-state index is 12.6. The molecule has 0 aliphatic heterocycles. The number of aryl methyl sites for hydroxylation is 1. The molecule has 1 aromatic carbocycles. The normalized spacial score (nSPS) is 10.5. The number of aromatic nitrogens is 4. The maximum atomic E-state index is 12.6. The Labute approximate surface area is 157 Å². The predicted molar refractivity (Wildman–Crippen MR) is 103 cm³/mol. The molecule has 3 N–H and O–H groups in total. The second-order valence-electron chi connectivity index (χ2n) is 5.74. The van der Waals surface area contributed by atoms with Crippen molar-refractivity contribution in [2.45, 2.75) is 6.92 Å². The lowest BCUT2D eigenvalue weighted by Crippen LogP contribution is -2.11. The summed E-state index contributed by atoms with van der Waals surface area (Å²) in [5.41, 5.74) is 3.01. The molecule has 0 unspecified atom stereocenters. The van der Waals surface area contributed by atoms with Crippen molar-refractivity contribution in [1.29, 1.82) is 5.26 Å². The lowest BCUT2D eigenvalue weighted by atomic mass is 10.1. The van der Waals surface area contributed by atoms with Crippen molar-refractivity contribution in [3.8, 4) is 6.07 Å². The van der Waals surface area contributed by atoms with Gasteiger partial charge in [-0.05, 0) is 30.7 Å². The van der Waals surface area contributed by atoms with E-state index in [1.165, 1.54) is 23.7 Å². The fourth-order valence-corrected chi connectivity index (χ4v) is 3.30. The van der Waals surface area contributed by atoms with Crippen molar-refractivity contribution < 1.29 is 4.79 Å². The number of pyridine rings is 1. The number of carbonyl (C=O) groups is 1. The van der Waals surface area contributed by atoms with Crippen LogP contribution in [0.1, 0.15) is 20.8 Å². The summed E-state index contributed by atoms with van der Waals surface area (Å²) in [4.78, 5) is 21.4. The Kier molecular flexibility index (Phi) is 4.24. The Hall–Kier alpha value is -3.77. The zero-order chi connectivity index (χ0) is 18.8. The first-order valence-corrected chi connectivity index (χ1v) is 8.79. The topological polar surface area (TPSA) is 119 Å². The first-order valence-electron chi connectivity index (χ1n) is 7.97. The average molecular weight is 375 g/mol. The number of hydrogen-bond donors (Lipinski definition) is 3. The minimum Gasteiger partial charge on any atom is -0.320 e. The van der Waals surface area contributed by atoms with Gasteiger partial charge in [0.1, 0.15) is 10.7 Å². The number of benzene rings is 1. The molecule has 0 saturated carbocycles. The molecule has 0 spiro atoms. The van der Waals surface area contributed by atoms with Gasteiger partial charge in [0.05, 0.1) is 35.2 Å². The lowest BCUT2D eigenvalue weighted by molar-refractivity contribution is 0.103. The number of nitrogens with one attached hydrogen (secondary N) is 3. The van der Waals surface area contributed by atoms with Crippen LogP contribution in [0.3, 0.4) is 0 Å². The van der Waals surface area contributed by atoms with Crippen LogP contribution in [0.25, 0.3) is 10.9 Å². The Morgan fingerprint density at radius 2 is 2.15 bits per heavy atom. The number of H-pyrrole nitrogens is 1. The van der Waals surface area contributed by atoms with Gasteiger partial charge in [-0.2, -0.15) is 10.4 Å². The number of aromatic amines is 1. The van der Waals surface area contributed by atoms with E-state index in [9.17, 15) is 4.79 Å². The van der Waals surface area contributed by atoms with Gasteiger partial charge in [0, 0.05) is 11.6 Å². The standard InChI is InChI=1S/C18H13N7OS/c1-10-2-3-13-12(8-22-25-13)16(10)24-17(26)14-9-21-18(27-14)23-15-6-11(7-19)4-5-20-15/h2-6,8-9H,1H3,(H,22,25)(H,24,26)(H,20,21,23). The van der Waals surface area contributed by atoms with Gasteiger partial charge in [0.15, 0.2) is 5.13 Å². The van der Waals surface area contributed by atoms with E-state index in [2.05, 4.69) is 36.9 Å². The molecule has 0 bridgehead atoms. The zero-order valence-electron chi connectivity index (χ0n) is 14.1. The molecule has 27 heavy (non-hydrogen) atoms. The fraction of sp³-hybridized carbons (Fsp3) is 0.0556. The van der Waals surface area contributed by atoms with Crippen molar-refractivity contribution in [1.82, 2.24) is 20.2 Å². The van der Waals surface area contributed by atoms with Crippen LogP contribution in [0.15, 0.2) is 42.9 Å². The van der Waals surface area contributed by atoms with Crippen molar-refractivity contribution in [3.05, 3.63) is 58.9 Å². The van der Waals surface area contributed by atoms with E-state index in [4.69, 9.17) is 5.26 Å². The van der Waals surface area contributed by atoms with Crippen molar-refractivity contribution >= 4 is 44.8 Å². The number of rotatable bonds is 4. The Morgan fingerprint density at radius 1 is 1.26 bits per heavy atom. The van der Waals surface area contributed by atoms with Gasteiger partial charge in [0.2, 0.25) is 0 Å². The molecule has 0 aliphatic rings. The van der Waals surface area contributed by atoms with E-state index in [1.54, 1.807) is 18.3 Å². The van der Waals surface area contributed by atoms with E-state index in [0.29, 0.717) is 21.4 Å². The third-order valence-corrected chi connectivity index (χ3v) is 4.84. The predicted octanol–water partition coefficient (Wildman–Crippen LogP) is 3.59. The van der Waals surface area contributed by atoms with Crippen LogP contribution in [-0.2, 0) is 0 Å². The maximum Gasteiger partial charge on any atom is 0.267 e. The molecule has 1 amide bonds. The molecule has 9 heteroatoms. The van der Waals surface area contributed by atoms with Crippen LogP contribution in [0.4, 0.5) is 16.6 Å². The molecule has 4 rings (SSSR count). The number of hydrogen-bond acceptors (Lipinski definition) is 7. The summed E-state index contributed by atoms with van der Waals surface area (Å²) >= 11 is 1.20. The number of fused-ring (bicyclic) bond motifs is 1. The molecule has 0 radical (unpaired) electrons. The Morgan fingerprint density at radius 3 is 3.00 bits per heavy atom. The first-order chi connectivity index (χ1) is 13.1. The number of carbonyl (C=O) groups excluding carboxylic acids is 1. The van der Waals surface area contributed by atoms with Crippen LogP contribution in [-0.4, -0.2) is 26.1 Å². The molecule has 0 saturated heterocycles. The number of amides is 1. The number of anilines is 3. The highest BCUT2D eigenvalue weighted by Crippen LogP contribution is 2.28. The minimum absolute atomic E-state index is 0.254. The van der Waals surface area contributed by atoms with Crippen LogP contribution >= 0.6 is 11.3 Å². The van der Waals surface area contributed by atoms with Crippen LogP contribution in [0, 0.1) is 18.3 Å². The van der Waals surface area contributed by atoms with E-state index >= 15 is 0 Å². The van der Waals surface area contributed by atoms with Crippen LogP contribution < -0.4 is 10.6 Å². The third-order valence-electron chi connectivity index (χ3n) is 3.92. The summed E-state index contributed by atoms with van der Waals surface area (Å²) in [5, 5.41) is 23.2. The van der Waals surface area contributed by atoms with Gasteiger partial charge in [-0.3, -0.25) is 9.89 Å². The van der Waals surface area contributed by atoms with Gasteiger partial charge < -0.3 is 10.6 Å². The fourth-order valence-electron chi connectivity index (χ4n) is 2.58. The molecule has 4 aromatic rings. The third kappa shape index (κ3) is 3.33. The highest BCUT2D eigenvalue weighted by atomic mass is 32.1. The van der Waals surface area contributed by atoms with Gasteiger partial charge in [-0.15, -0.1) is 0 Å². The minimum atomic E-state index is -0.254. The summed E-state index contributed by atoms with van der Waals surface area (Å²) in [7, 11) is 0. The van der Waals surface area contributed by atoms with E-state index in [1.807, 2.05) is 19.1 Å². The summed E-state index contributed by atoms with van der Waals surface area (Å²) in [6, 6.07) is 9.12. The first kappa shape index (κ1) is 16.7. The Balaban J connectivity index is 1.54. The monoisotopic (exact) mass is 375 g/mol. The van der Waals surface area contributed by atoms with E-state index in [0.717, 1.165) is 22.2 Å². The average Bonchev–Trinajstić information content (AvgIpc) is 3.33. The van der Waals surface area contributed by atoms with Gasteiger partial charge in [-0.1, -0.05) is 17.4 Å². The number of nitrogens with zero attached hydrogens (tertiary/aromatic N) is 4. The lowest BCUT2D eigenvalue weighted by Gasteiger charge is -2.08.